The van der Waals surface area contributed by atoms with Gasteiger partial charge < -0.3 is 21.6 Å². The van der Waals surface area contributed by atoms with Crippen molar-refractivity contribution in [2.24, 2.45) is 22.9 Å². The monoisotopic (exact) mass is 202 g/mol. The molecular weight excluding hydrogens is 188 g/mol. The molecule has 0 amide bonds. The van der Waals surface area contributed by atoms with Crippen LogP contribution in [0.4, 0.5) is 0 Å². The fraction of sp³-hybridized carbons (Fsp3) is 0. The van der Waals surface area contributed by atoms with Crippen molar-refractivity contribution in [1.29, 1.82) is 10.8 Å². The topological polar surface area (TPSA) is 248 Å². The second kappa shape index (κ2) is 31.7. The van der Waals surface area contributed by atoms with Crippen molar-refractivity contribution in [3.05, 3.63) is 10.8 Å². The van der Waals surface area contributed by atoms with Crippen molar-refractivity contribution in [2.75, 3.05) is 0 Å². The molecule has 0 radical (unpaired) electrons. The maximum absolute atomic E-state index is 6.99. The van der Waals surface area contributed by atoms with Crippen LogP contribution in [0.1, 0.15) is 0 Å². The smallest absolute Gasteiger partial charge is 0.336 e. The molecule has 0 saturated carbocycles. The van der Waals surface area contributed by atoms with Crippen LogP contribution in [0.2, 0.25) is 0 Å². The highest BCUT2D eigenvalue weighted by molar-refractivity contribution is 5.68. The van der Waals surface area contributed by atoms with Crippen LogP contribution >= 0.6 is 0 Å². The average Bonchev–Trinajstić information content (AvgIpc) is 1.85. The summed E-state index contributed by atoms with van der Waals surface area (Å²) in [6, 6.07) is 2.00. The lowest BCUT2D eigenvalue weighted by atomic mass is 11.1. The van der Waals surface area contributed by atoms with E-state index in [2.05, 4.69) is 33.8 Å². The molecule has 0 rings (SSSR count). The molecule has 0 aliphatic carbocycles. The largest absolute Gasteiger partial charge is 0.447 e. The molecule has 0 heterocycles. The Hall–Kier alpha value is -2.70. The van der Waals surface area contributed by atoms with E-state index in [4.69, 9.17) is 21.6 Å². The zero-order valence-corrected chi connectivity index (χ0v) is 7.36. The molecule has 0 spiro atoms. The van der Waals surface area contributed by atoms with E-state index in [9.17, 15) is 0 Å². The van der Waals surface area contributed by atoms with Gasteiger partial charge in [-0.25, -0.2) is 0 Å². The lowest BCUT2D eigenvalue weighted by molar-refractivity contribution is -0.117. The Bertz CT molecular complexity index is 172. The fourth-order valence-corrected chi connectivity index (χ4v) is 0. The first-order valence-corrected chi connectivity index (χ1v) is 2.68. The lowest BCUT2D eigenvalue weighted by Crippen LogP contribution is -2.51. The Labute approximate surface area is 80.3 Å². The van der Waals surface area contributed by atoms with Gasteiger partial charge >= 0.3 is 11.9 Å². The standard InChI is InChI=1S/2CH5N3.2CHN2/c2*2-1(3)4;2*2-1-3/h2*(H5,2,3,4);2*2H/q;;2*-1/p+2. The Kier molecular flexibility index (Phi) is 51.0. The Morgan fingerprint density at radius 2 is 0.857 bits per heavy atom. The van der Waals surface area contributed by atoms with Gasteiger partial charge in [-0.05, 0) is 0 Å². The predicted octanol–water partition coefficient (Wildman–Crippen LogP) is -5.35. The molecule has 10 nitrogen and oxygen atoms in total. The second-order valence-corrected chi connectivity index (χ2v) is 1.22. The van der Waals surface area contributed by atoms with Crippen LogP contribution in [0.15, 0.2) is 0 Å². The van der Waals surface area contributed by atoms with Gasteiger partial charge in [-0.2, -0.15) is 12.0 Å². The molecule has 0 aromatic heterocycles. The molecule has 0 atom stereocenters. The van der Waals surface area contributed by atoms with E-state index in [-0.39, 0.29) is 11.9 Å². The van der Waals surface area contributed by atoms with E-state index in [0.29, 0.717) is 0 Å². The fourth-order valence-electron chi connectivity index (χ4n) is 0. The van der Waals surface area contributed by atoms with Gasteiger partial charge in [0, 0.05) is 0 Å². The summed E-state index contributed by atoms with van der Waals surface area (Å²) in [6.45, 7) is 0. The van der Waals surface area contributed by atoms with E-state index in [1.54, 1.807) is 0 Å². The van der Waals surface area contributed by atoms with Crippen molar-refractivity contribution in [2.45, 2.75) is 0 Å². The zero-order valence-electron chi connectivity index (χ0n) is 7.36. The molecule has 0 aromatic carbocycles. The van der Waals surface area contributed by atoms with Crippen molar-refractivity contribution in [3.63, 3.8) is 0 Å². The molecule has 14 heavy (non-hydrogen) atoms. The van der Waals surface area contributed by atoms with Gasteiger partial charge in [0.25, 0.3) is 0 Å². The first kappa shape index (κ1) is 22.5. The molecule has 0 fully saturated rings. The summed E-state index contributed by atoms with van der Waals surface area (Å²) >= 11 is 0. The van der Waals surface area contributed by atoms with E-state index in [1.807, 2.05) is 0 Å². The van der Waals surface area contributed by atoms with Gasteiger partial charge in [-0.1, -0.05) is 0 Å². The average molecular weight is 202 g/mol. The molecule has 0 aliphatic rings. The highest BCUT2D eigenvalue weighted by Gasteiger charge is 1.64. The minimum Gasteiger partial charge on any atom is -0.447 e. The maximum atomic E-state index is 6.99. The molecule has 0 unspecified atom stereocenters. The van der Waals surface area contributed by atoms with Crippen LogP contribution in [0.25, 0.3) is 10.8 Å². The summed E-state index contributed by atoms with van der Waals surface area (Å²) < 4.78 is 0. The molecule has 80 valence electrons. The van der Waals surface area contributed by atoms with Crippen LogP contribution in [0.3, 0.4) is 0 Å². The molecule has 0 bridgehead atoms. The minimum absolute atomic E-state index is 0.0833. The highest BCUT2D eigenvalue weighted by atomic mass is 14.9. The van der Waals surface area contributed by atoms with Gasteiger partial charge in [0.1, 0.15) is 0 Å². The Morgan fingerprint density at radius 3 is 0.857 bits per heavy atom. The van der Waals surface area contributed by atoms with Gasteiger partial charge in [0.2, 0.25) is 0 Å². The van der Waals surface area contributed by atoms with Crippen LogP contribution in [0, 0.1) is 10.8 Å². The summed E-state index contributed by atoms with van der Waals surface area (Å²) in [5, 5.41) is 34.2. The summed E-state index contributed by atoms with van der Waals surface area (Å²) in [5.41, 5.74) is 18.3. The molecule has 0 aliphatic heterocycles. The summed E-state index contributed by atoms with van der Waals surface area (Å²) in [6.07, 6.45) is 0. The van der Waals surface area contributed by atoms with E-state index >= 15 is 0 Å². The molecule has 14 N–H and O–H groups in total. The first-order valence-electron chi connectivity index (χ1n) is 2.68. The van der Waals surface area contributed by atoms with Gasteiger partial charge in [-0.3, -0.25) is 33.8 Å². The number of guanidine groups is 2. The summed E-state index contributed by atoms with van der Waals surface area (Å²) in [5.74, 6) is -0.167. The lowest BCUT2D eigenvalue weighted by Gasteiger charge is -1.59. The van der Waals surface area contributed by atoms with E-state index < -0.39 is 0 Å². The number of nitrogens with two attached hydrogens (primary N) is 6. The third-order valence-electron chi connectivity index (χ3n) is 0. The van der Waals surface area contributed by atoms with Crippen LogP contribution in [-0.2, 0) is 0 Å². The molecule has 0 aromatic rings. The maximum Gasteiger partial charge on any atom is 0.336 e. The van der Waals surface area contributed by atoms with Crippen LogP contribution < -0.4 is 33.8 Å². The molecular formula is C4H14N10. The third kappa shape index (κ3) is 87.9. The number of rotatable bonds is 0. The number of hydrogen-bond acceptors (Lipinski definition) is 2. The third-order valence-corrected chi connectivity index (χ3v) is 0. The van der Waals surface area contributed by atoms with Gasteiger partial charge in [0.15, 0.2) is 0 Å². The Balaban J connectivity index is -0.0000000482. The first-order chi connectivity index (χ1) is 6.29. The van der Waals surface area contributed by atoms with Crippen molar-refractivity contribution in [1.82, 2.24) is 0 Å². The predicted molar refractivity (Wildman–Crippen MR) is 52.8 cm³/mol. The zero-order chi connectivity index (χ0) is 12.6. The summed E-state index contributed by atoms with van der Waals surface area (Å²) in [7, 11) is 0. The number of nitrogens with zero attached hydrogens (tertiary/aromatic N) is 2. The van der Waals surface area contributed by atoms with E-state index in [1.165, 1.54) is 0 Å². The quantitative estimate of drug-likeness (QED) is 0.141. The minimum atomic E-state index is -0.0833. The van der Waals surface area contributed by atoms with Crippen LogP contribution in [-0.4, -0.2) is 23.9 Å². The van der Waals surface area contributed by atoms with Gasteiger partial charge in [0.05, 0.1) is 0 Å². The SMILES string of the molecule is NC(N)=[NH2+].NC(N)=[NH2+].[N-]=C=N.[N-]=C=N. The van der Waals surface area contributed by atoms with Gasteiger partial charge in [-0.15, -0.1) is 0 Å². The normalized spacial score (nSPS) is 4.57. The van der Waals surface area contributed by atoms with Crippen molar-refractivity contribution in [3.8, 4) is 0 Å². The second-order valence-electron chi connectivity index (χ2n) is 1.22. The molecule has 0 saturated heterocycles. The number of hydrogen-bond donors (Lipinski definition) is 8. The highest BCUT2D eigenvalue weighted by Crippen LogP contribution is 0.993. The van der Waals surface area contributed by atoms with Crippen molar-refractivity contribution >= 4 is 23.9 Å². The van der Waals surface area contributed by atoms with E-state index in [0.717, 1.165) is 12.0 Å². The molecule has 10 heteroatoms. The number of nitrogens with one attached hydrogen (secondary N) is 2. The summed E-state index contributed by atoms with van der Waals surface area (Å²) in [4.78, 5) is 0. The van der Waals surface area contributed by atoms with Crippen LogP contribution in [0.5, 0.6) is 0 Å². The van der Waals surface area contributed by atoms with Crippen molar-refractivity contribution < 1.29 is 10.8 Å². The Morgan fingerprint density at radius 1 is 0.857 bits per heavy atom.